The number of fused-ring (bicyclic) bond motifs is 7. The number of hydrogen-bond acceptors (Lipinski definition) is 0. The highest BCUT2D eigenvalue weighted by Gasteiger charge is 2.20. The average molecular weight is 561 g/mol. The summed E-state index contributed by atoms with van der Waals surface area (Å²) in [5.74, 6) is 0. The van der Waals surface area contributed by atoms with E-state index >= 15 is 0 Å². The molecule has 0 fully saturated rings. The Kier molecular flexibility index (Phi) is 5.54. The van der Waals surface area contributed by atoms with Gasteiger partial charge in [0.1, 0.15) is 0 Å². The number of nitrogens with zero attached hydrogens (tertiary/aromatic N) is 2. The maximum absolute atomic E-state index is 2.42. The summed E-state index contributed by atoms with van der Waals surface area (Å²) in [7, 11) is 0. The average Bonchev–Trinajstić information content (AvgIpc) is 3.62. The molecule has 7 aromatic carbocycles. The summed E-state index contributed by atoms with van der Waals surface area (Å²) >= 11 is 0. The second-order valence-corrected chi connectivity index (χ2v) is 11.4. The van der Waals surface area contributed by atoms with Crippen LogP contribution in [0.15, 0.2) is 170 Å². The van der Waals surface area contributed by atoms with Gasteiger partial charge in [0.2, 0.25) is 0 Å². The second kappa shape index (κ2) is 9.86. The molecule has 0 N–H and O–H groups in total. The van der Waals surface area contributed by atoms with E-state index in [1.165, 1.54) is 71.6 Å². The maximum Gasteiger partial charge on any atom is 0.0548 e. The van der Waals surface area contributed by atoms with Crippen LogP contribution in [0, 0.1) is 0 Å². The van der Waals surface area contributed by atoms with Crippen molar-refractivity contribution in [2.75, 3.05) is 0 Å². The number of aromatic nitrogens is 2. The molecule has 2 aromatic heterocycles. The highest BCUT2D eigenvalue weighted by molar-refractivity contribution is 6.28. The Bertz CT molecular complexity index is 2460. The Labute approximate surface area is 255 Å². The van der Waals surface area contributed by atoms with Crippen molar-refractivity contribution in [2.45, 2.75) is 0 Å². The Morgan fingerprint density at radius 2 is 0.705 bits per heavy atom. The molecule has 206 valence electrons. The molecule has 0 spiro atoms. The van der Waals surface area contributed by atoms with Crippen LogP contribution >= 0.6 is 0 Å². The molecular formula is C42H28N2. The topological polar surface area (TPSA) is 9.86 Å². The van der Waals surface area contributed by atoms with Crippen LogP contribution in [0.1, 0.15) is 0 Å². The molecule has 44 heavy (non-hydrogen) atoms. The van der Waals surface area contributed by atoms with Crippen molar-refractivity contribution >= 4 is 43.6 Å². The van der Waals surface area contributed by atoms with Crippen molar-refractivity contribution in [2.24, 2.45) is 0 Å². The van der Waals surface area contributed by atoms with Crippen molar-refractivity contribution in [1.82, 2.24) is 9.13 Å². The van der Waals surface area contributed by atoms with Gasteiger partial charge in [0.15, 0.2) is 0 Å². The van der Waals surface area contributed by atoms with Gasteiger partial charge in [-0.25, -0.2) is 0 Å². The lowest BCUT2D eigenvalue weighted by atomic mass is 9.99. The molecule has 0 aliphatic carbocycles. The number of hydrogen-bond donors (Lipinski definition) is 0. The molecule has 0 saturated heterocycles. The van der Waals surface area contributed by atoms with Crippen LogP contribution in [-0.4, -0.2) is 9.13 Å². The summed E-state index contributed by atoms with van der Waals surface area (Å²) < 4.78 is 4.82. The normalized spacial score (nSPS) is 11.6. The molecule has 0 unspecified atom stereocenters. The van der Waals surface area contributed by atoms with E-state index in [2.05, 4.69) is 179 Å². The first-order valence-corrected chi connectivity index (χ1v) is 15.1. The van der Waals surface area contributed by atoms with Crippen molar-refractivity contribution in [1.29, 1.82) is 0 Å². The van der Waals surface area contributed by atoms with Gasteiger partial charge in [-0.3, -0.25) is 0 Å². The van der Waals surface area contributed by atoms with Crippen molar-refractivity contribution in [3.05, 3.63) is 170 Å². The van der Waals surface area contributed by atoms with Crippen LogP contribution in [0.4, 0.5) is 0 Å². The van der Waals surface area contributed by atoms with Gasteiger partial charge in [0.25, 0.3) is 0 Å². The summed E-state index contributed by atoms with van der Waals surface area (Å²) in [6.45, 7) is 0. The van der Waals surface area contributed by atoms with Gasteiger partial charge < -0.3 is 9.13 Å². The number of rotatable bonds is 4. The smallest absolute Gasteiger partial charge is 0.0548 e. The molecule has 0 atom stereocenters. The van der Waals surface area contributed by atoms with Gasteiger partial charge in [-0.2, -0.15) is 0 Å². The summed E-state index contributed by atoms with van der Waals surface area (Å²) in [6.07, 6.45) is 0. The van der Waals surface area contributed by atoms with E-state index in [4.69, 9.17) is 0 Å². The lowest BCUT2D eigenvalue weighted by Gasteiger charge is -2.11. The fraction of sp³-hybridized carbons (Fsp3) is 0. The zero-order chi connectivity index (χ0) is 29.0. The Balaban J connectivity index is 1.25. The SMILES string of the molecule is c1ccc(-c2cccc(-c3ccc(-n4c5ccccc5c5c6c7ccccc7n(-c7ccccc7)c6ccc54)cc3)c2)cc1. The Morgan fingerprint density at radius 3 is 1.27 bits per heavy atom. The summed E-state index contributed by atoms with van der Waals surface area (Å²) in [4.78, 5) is 0. The monoisotopic (exact) mass is 560 g/mol. The minimum absolute atomic E-state index is 1.16. The summed E-state index contributed by atoms with van der Waals surface area (Å²) in [5.41, 5.74) is 12.1. The molecule has 9 aromatic rings. The summed E-state index contributed by atoms with van der Waals surface area (Å²) in [6, 6.07) is 61.3. The largest absolute Gasteiger partial charge is 0.309 e. The van der Waals surface area contributed by atoms with E-state index in [0.717, 1.165) is 5.69 Å². The van der Waals surface area contributed by atoms with Gasteiger partial charge in [-0.05, 0) is 76.9 Å². The quantitative estimate of drug-likeness (QED) is 0.203. The third-order valence-corrected chi connectivity index (χ3v) is 8.91. The molecule has 0 bridgehead atoms. The molecule has 2 nitrogen and oxygen atoms in total. The predicted octanol–water partition coefficient (Wildman–Crippen LogP) is 11.2. The van der Waals surface area contributed by atoms with Gasteiger partial charge in [0.05, 0.1) is 22.1 Å². The molecule has 0 aliphatic rings. The number of benzene rings is 7. The lowest BCUT2D eigenvalue weighted by molar-refractivity contribution is 1.17. The van der Waals surface area contributed by atoms with Crippen LogP contribution in [-0.2, 0) is 0 Å². The first kappa shape index (κ1) is 24.7. The van der Waals surface area contributed by atoms with Crippen LogP contribution < -0.4 is 0 Å². The van der Waals surface area contributed by atoms with E-state index in [1.54, 1.807) is 0 Å². The lowest BCUT2D eigenvalue weighted by Crippen LogP contribution is -1.94. The Hall–Kier alpha value is -5.86. The molecule has 0 radical (unpaired) electrons. The number of para-hydroxylation sites is 3. The third-order valence-electron chi connectivity index (χ3n) is 8.91. The fourth-order valence-electron chi connectivity index (χ4n) is 6.96. The Morgan fingerprint density at radius 1 is 0.273 bits per heavy atom. The predicted molar refractivity (Wildman–Crippen MR) is 186 cm³/mol. The van der Waals surface area contributed by atoms with Crippen molar-refractivity contribution in [3.63, 3.8) is 0 Å². The highest BCUT2D eigenvalue weighted by atomic mass is 15.0. The van der Waals surface area contributed by atoms with Crippen LogP contribution in [0.25, 0.3) is 77.2 Å². The van der Waals surface area contributed by atoms with Gasteiger partial charge in [-0.15, -0.1) is 0 Å². The third kappa shape index (κ3) is 3.75. The second-order valence-electron chi connectivity index (χ2n) is 11.4. The molecule has 0 saturated carbocycles. The van der Waals surface area contributed by atoms with E-state index in [-0.39, 0.29) is 0 Å². The molecule has 0 amide bonds. The highest BCUT2D eigenvalue weighted by Crippen LogP contribution is 2.42. The van der Waals surface area contributed by atoms with Crippen LogP contribution in [0.3, 0.4) is 0 Å². The first-order chi connectivity index (χ1) is 21.8. The zero-order valence-electron chi connectivity index (χ0n) is 24.1. The van der Waals surface area contributed by atoms with Gasteiger partial charge in [-0.1, -0.05) is 115 Å². The van der Waals surface area contributed by atoms with E-state index < -0.39 is 0 Å². The zero-order valence-corrected chi connectivity index (χ0v) is 24.1. The molecule has 9 rings (SSSR count). The van der Waals surface area contributed by atoms with Crippen molar-refractivity contribution < 1.29 is 0 Å². The molecule has 2 heteroatoms. The maximum atomic E-state index is 2.42. The van der Waals surface area contributed by atoms with E-state index in [9.17, 15) is 0 Å². The van der Waals surface area contributed by atoms with Crippen LogP contribution in [0.2, 0.25) is 0 Å². The fourth-order valence-corrected chi connectivity index (χ4v) is 6.96. The van der Waals surface area contributed by atoms with Gasteiger partial charge >= 0.3 is 0 Å². The van der Waals surface area contributed by atoms with Gasteiger partial charge in [0, 0.05) is 32.9 Å². The molecule has 0 aliphatic heterocycles. The molecule has 2 heterocycles. The van der Waals surface area contributed by atoms with Crippen LogP contribution in [0.5, 0.6) is 0 Å². The minimum atomic E-state index is 1.16. The first-order valence-electron chi connectivity index (χ1n) is 15.1. The van der Waals surface area contributed by atoms with Crippen molar-refractivity contribution in [3.8, 4) is 33.6 Å². The van der Waals surface area contributed by atoms with E-state index in [1.807, 2.05) is 0 Å². The van der Waals surface area contributed by atoms with E-state index in [0.29, 0.717) is 0 Å². The minimum Gasteiger partial charge on any atom is -0.309 e. The molecular weight excluding hydrogens is 532 g/mol. The summed E-state index contributed by atoms with van der Waals surface area (Å²) in [5, 5.41) is 5.13. The standard InChI is InChI=1S/C42H28N2/c1-3-12-29(13-4-1)31-14-11-15-32(28-31)30-22-24-34(25-23-30)44-38-21-10-8-19-36(38)42-40(44)27-26-39-41(42)35-18-7-9-20-37(35)43(39)33-16-5-2-6-17-33/h1-28H.